The van der Waals surface area contributed by atoms with Crippen LogP contribution in [0, 0.1) is 0 Å². The number of hydrogen-bond donors (Lipinski definition) is 0. The fourth-order valence-electron chi connectivity index (χ4n) is 7.28. The molecule has 0 unspecified atom stereocenters. The van der Waals surface area contributed by atoms with Gasteiger partial charge in [-0.3, -0.25) is 4.57 Å². The lowest BCUT2D eigenvalue weighted by atomic mass is 10.1. The second-order valence-corrected chi connectivity index (χ2v) is 13.1. The van der Waals surface area contributed by atoms with Crippen molar-refractivity contribution in [1.82, 2.24) is 24.1 Å². The van der Waals surface area contributed by atoms with Gasteiger partial charge in [-0.1, -0.05) is 139 Å². The zero-order valence-corrected chi connectivity index (χ0v) is 27.3. The molecule has 4 heterocycles. The van der Waals surface area contributed by atoms with Crippen molar-refractivity contribution in [3.8, 4) is 34.4 Å². The maximum absolute atomic E-state index is 8.89. The monoisotopic (exact) mass is 679 g/mol. The molecule has 238 valence electrons. The number of benzene rings is 7. The minimum Gasteiger partial charge on any atom is -0.306 e. The van der Waals surface area contributed by atoms with Gasteiger partial charge in [0.25, 0.3) is 0 Å². The first-order chi connectivity index (χ1) is 29.5. The molecule has 0 atom stereocenters. The van der Waals surface area contributed by atoms with E-state index in [1.165, 1.54) is 0 Å². The minimum atomic E-state index is -0.610. The highest BCUT2D eigenvalue weighted by Crippen LogP contribution is 2.44. The summed E-state index contributed by atoms with van der Waals surface area (Å²) in [6.07, 6.45) is 0. The average molecular weight is 680 g/mol. The minimum absolute atomic E-state index is 0.0609. The molecule has 0 N–H and O–H groups in total. The summed E-state index contributed by atoms with van der Waals surface area (Å²) in [4.78, 5) is 14.3. The lowest BCUT2D eigenvalue weighted by molar-refractivity contribution is 0.953. The Labute approximate surface area is 310 Å². The number of hydrogen-bond acceptors (Lipinski definition) is 4. The van der Waals surface area contributed by atoms with Crippen molar-refractivity contribution in [2.45, 2.75) is 0 Å². The summed E-state index contributed by atoms with van der Waals surface area (Å²) in [5.41, 5.74) is 3.38. The van der Waals surface area contributed by atoms with Crippen LogP contribution in [0.1, 0.15) is 13.7 Å². The van der Waals surface area contributed by atoms with Crippen LogP contribution in [0.3, 0.4) is 0 Å². The van der Waals surface area contributed by atoms with E-state index in [4.69, 9.17) is 23.7 Å². The van der Waals surface area contributed by atoms with Crippen molar-refractivity contribution in [2.24, 2.45) is 0 Å². The molecule has 0 saturated carbocycles. The van der Waals surface area contributed by atoms with Gasteiger partial charge in [0.05, 0.1) is 46.2 Å². The van der Waals surface area contributed by atoms with E-state index in [1.807, 2.05) is 59.2 Å². The standard InChI is InChI=1S/C45H27N5S/c1-3-14-28(15-4-1)43-46-44(29-16-5-2-6-17-29)48-45(47-43)50-37-23-11-8-19-31(37)34-27-26-33-30-18-7-10-22-36(30)49(40(33)41(34)50)38-24-13-21-35-32-20-9-12-25-39(32)51-42(35)38/h1-27H/i1D,2D,3D,4D,5D,6D,14D,15D,16D,17D. The van der Waals surface area contributed by atoms with Gasteiger partial charge in [0.15, 0.2) is 11.6 Å². The van der Waals surface area contributed by atoms with Crippen LogP contribution in [0.25, 0.3) is 98.2 Å². The molecule has 0 aliphatic heterocycles. The average Bonchev–Trinajstić information content (AvgIpc) is 3.94. The summed E-state index contributed by atoms with van der Waals surface area (Å²) in [5, 5.41) is 5.85. The number of para-hydroxylation sites is 2. The Morgan fingerprint density at radius 3 is 1.63 bits per heavy atom. The third-order valence-corrected chi connectivity index (χ3v) is 10.6. The van der Waals surface area contributed by atoms with Gasteiger partial charge in [0.2, 0.25) is 5.95 Å². The summed E-state index contributed by atoms with van der Waals surface area (Å²) in [6, 6.07) is 28.6. The Bertz CT molecular complexity index is 3600. The highest BCUT2D eigenvalue weighted by Gasteiger charge is 2.24. The largest absolute Gasteiger partial charge is 0.306 e. The lowest BCUT2D eigenvalue weighted by Gasteiger charge is -2.13. The van der Waals surface area contributed by atoms with Crippen LogP contribution in [0.2, 0.25) is 0 Å². The van der Waals surface area contributed by atoms with Gasteiger partial charge >= 0.3 is 0 Å². The fraction of sp³-hybridized carbons (Fsp3) is 0. The Kier molecular flexibility index (Phi) is 4.32. The van der Waals surface area contributed by atoms with E-state index in [-0.39, 0.29) is 28.7 Å². The molecular formula is C45H27N5S. The number of nitrogens with zero attached hydrogens (tertiary/aromatic N) is 5. The molecule has 0 aliphatic carbocycles. The van der Waals surface area contributed by atoms with Crippen molar-refractivity contribution >= 4 is 75.1 Å². The third kappa shape index (κ3) is 4.17. The lowest BCUT2D eigenvalue weighted by Crippen LogP contribution is -2.07. The molecule has 0 aliphatic rings. The van der Waals surface area contributed by atoms with Gasteiger partial charge < -0.3 is 4.57 Å². The summed E-state index contributed by atoms with van der Waals surface area (Å²) >= 11 is 1.71. The molecule has 51 heavy (non-hydrogen) atoms. The maximum atomic E-state index is 8.89. The van der Waals surface area contributed by atoms with Crippen LogP contribution in [-0.4, -0.2) is 24.1 Å². The smallest absolute Gasteiger partial charge is 0.238 e. The normalized spacial score (nSPS) is 14.7. The molecule has 7 aromatic carbocycles. The SMILES string of the molecule is [2H]c1c([2H])c([2H])c(-c2nc(-c3c([2H])c([2H])c([2H])c([2H])c3[2H])nc(-n3c4ccccc4c4ccc5c6ccccc6n(-c6cccc7c6sc6ccccc67)c5c43)n2)c([2H])c1[2H]. The van der Waals surface area contributed by atoms with Crippen molar-refractivity contribution in [3.63, 3.8) is 0 Å². The quantitative estimate of drug-likeness (QED) is 0.186. The molecule has 5 nitrogen and oxygen atoms in total. The van der Waals surface area contributed by atoms with E-state index in [2.05, 4.69) is 58.1 Å². The van der Waals surface area contributed by atoms with Crippen LogP contribution >= 0.6 is 11.3 Å². The molecule has 4 aromatic heterocycles. The molecule has 0 amide bonds. The first kappa shape index (κ1) is 20.1. The van der Waals surface area contributed by atoms with Crippen molar-refractivity contribution < 1.29 is 13.7 Å². The van der Waals surface area contributed by atoms with Crippen molar-refractivity contribution in [2.75, 3.05) is 0 Å². The second kappa shape index (κ2) is 10.9. The second-order valence-electron chi connectivity index (χ2n) is 12.1. The van der Waals surface area contributed by atoms with Gasteiger partial charge in [0.1, 0.15) is 0 Å². The first-order valence-corrected chi connectivity index (χ1v) is 17.0. The molecule has 0 saturated heterocycles. The Hall–Kier alpha value is -6.63. The topological polar surface area (TPSA) is 48.5 Å². The molecule has 6 heteroatoms. The highest BCUT2D eigenvalue weighted by atomic mass is 32.1. The van der Waals surface area contributed by atoms with Gasteiger partial charge in [-0.15, -0.1) is 11.3 Å². The number of thiophene rings is 1. The van der Waals surface area contributed by atoms with Gasteiger partial charge in [-0.05, 0) is 24.3 Å². The molecule has 11 rings (SSSR count). The van der Waals surface area contributed by atoms with Crippen LogP contribution in [0.5, 0.6) is 0 Å². The highest BCUT2D eigenvalue weighted by molar-refractivity contribution is 7.26. The predicted molar refractivity (Wildman–Crippen MR) is 212 cm³/mol. The molecule has 0 bridgehead atoms. The third-order valence-electron chi connectivity index (χ3n) is 9.36. The Balaban J connectivity index is 1.34. The summed E-state index contributed by atoms with van der Waals surface area (Å²) in [7, 11) is 0. The van der Waals surface area contributed by atoms with Crippen LogP contribution in [0.15, 0.2) is 164 Å². The number of fused-ring (bicyclic) bond motifs is 10. The molecular weight excluding hydrogens is 643 g/mol. The van der Waals surface area contributed by atoms with E-state index in [0.29, 0.717) is 11.0 Å². The summed E-state index contributed by atoms with van der Waals surface area (Å²) in [5.74, 6) is -0.732. The van der Waals surface area contributed by atoms with E-state index >= 15 is 0 Å². The van der Waals surface area contributed by atoms with Crippen molar-refractivity contribution in [3.05, 3.63) is 164 Å². The maximum Gasteiger partial charge on any atom is 0.238 e. The van der Waals surface area contributed by atoms with Crippen LogP contribution in [-0.2, 0) is 0 Å². The van der Waals surface area contributed by atoms with Crippen LogP contribution in [0.4, 0.5) is 0 Å². The summed E-state index contributed by atoms with van der Waals surface area (Å²) in [6.45, 7) is 0. The Morgan fingerprint density at radius 1 is 0.451 bits per heavy atom. The zero-order chi connectivity index (χ0) is 42.2. The van der Waals surface area contributed by atoms with E-state index in [0.717, 1.165) is 58.4 Å². The molecule has 0 radical (unpaired) electrons. The number of aromatic nitrogens is 5. The summed E-state index contributed by atoms with van der Waals surface area (Å²) < 4.78 is 92.3. The molecule has 11 aromatic rings. The predicted octanol–water partition coefficient (Wildman–Crippen LogP) is 11.8. The zero-order valence-electron chi connectivity index (χ0n) is 36.5. The van der Waals surface area contributed by atoms with Gasteiger partial charge in [-0.2, -0.15) is 9.97 Å². The van der Waals surface area contributed by atoms with Gasteiger partial charge in [-0.25, -0.2) is 4.98 Å². The van der Waals surface area contributed by atoms with Crippen LogP contribution < -0.4 is 0 Å². The molecule has 0 spiro atoms. The Morgan fingerprint density at radius 2 is 0.980 bits per heavy atom. The van der Waals surface area contributed by atoms with E-state index < -0.39 is 60.4 Å². The van der Waals surface area contributed by atoms with Crippen molar-refractivity contribution in [1.29, 1.82) is 0 Å². The number of rotatable bonds is 4. The van der Waals surface area contributed by atoms with E-state index in [1.54, 1.807) is 11.3 Å². The van der Waals surface area contributed by atoms with E-state index in [9.17, 15) is 0 Å². The fourth-order valence-corrected chi connectivity index (χ4v) is 8.49. The first-order valence-electron chi connectivity index (χ1n) is 21.2. The van der Waals surface area contributed by atoms with Gasteiger partial charge in [0, 0.05) is 48.1 Å². The molecule has 0 fully saturated rings.